The second kappa shape index (κ2) is 8.82. The molecule has 0 radical (unpaired) electrons. The molecule has 0 N–H and O–H groups in total. The molecular weight excluding hydrogens is 412 g/mol. The number of anilines is 2. The van der Waals surface area contributed by atoms with Crippen molar-refractivity contribution in [2.24, 2.45) is 5.92 Å². The Morgan fingerprint density at radius 2 is 1.62 bits per heavy atom. The van der Waals surface area contributed by atoms with Crippen molar-refractivity contribution in [3.63, 3.8) is 0 Å². The van der Waals surface area contributed by atoms with E-state index in [2.05, 4.69) is 0 Å². The molecule has 8 heteroatoms. The third kappa shape index (κ3) is 4.21. The van der Waals surface area contributed by atoms with Crippen LogP contribution in [0.5, 0.6) is 11.5 Å². The zero-order valence-corrected chi connectivity index (χ0v) is 18.0. The first-order valence-corrected chi connectivity index (χ1v) is 10.6. The second-order valence-electron chi connectivity index (χ2n) is 7.82. The molecule has 2 aromatic carbocycles. The van der Waals surface area contributed by atoms with Crippen LogP contribution in [0.25, 0.3) is 0 Å². The van der Waals surface area contributed by atoms with Crippen LogP contribution in [0.3, 0.4) is 0 Å². The maximum atomic E-state index is 12.7. The molecule has 0 unspecified atom stereocenters. The normalized spacial score (nSPS) is 18.4. The number of carbonyl (C=O) groups is 4. The number of nitrogens with zero attached hydrogens (tertiary/aromatic N) is 2. The molecule has 1 atom stereocenters. The Bertz CT molecular complexity index is 1060. The van der Waals surface area contributed by atoms with Gasteiger partial charge >= 0.3 is 5.97 Å². The van der Waals surface area contributed by atoms with Crippen molar-refractivity contribution < 1.29 is 28.7 Å². The summed E-state index contributed by atoms with van der Waals surface area (Å²) in [6.45, 7) is 4.44. The molecule has 2 aliphatic heterocycles. The van der Waals surface area contributed by atoms with Crippen LogP contribution in [-0.2, 0) is 19.2 Å². The summed E-state index contributed by atoms with van der Waals surface area (Å²) in [4.78, 5) is 51.9. The van der Waals surface area contributed by atoms with Gasteiger partial charge < -0.3 is 14.4 Å². The Balaban J connectivity index is 1.42. The summed E-state index contributed by atoms with van der Waals surface area (Å²) >= 11 is 0. The highest BCUT2D eigenvalue weighted by atomic mass is 16.5. The number of aryl methyl sites for hydroxylation is 1. The lowest BCUT2D eigenvalue weighted by atomic mass is 10.1. The molecule has 2 aliphatic rings. The Morgan fingerprint density at radius 3 is 2.25 bits per heavy atom. The molecule has 0 saturated carbocycles. The zero-order chi connectivity index (χ0) is 22.8. The van der Waals surface area contributed by atoms with Crippen LogP contribution < -0.4 is 19.3 Å². The molecule has 0 bridgehead atoms. The largest absolute Gasteiger partial charge is 0.494 e. The monoisotopic (exact) mass is 436 g/mol. The second-order valence-corrected chi connectivity index (χ2v) is 7.82. The van der Waals surface area contributed by atoms with Crippen molar-refractivity contribution in [1.82, 2.24) is 0 Å². The van der Waals surface area contributed by atoms with Crippen LogP contribution in [0.2, 0.25) is 0 Å². The molecule has 2 heterocycles. The highest BCUT2D eigenvalue weighted by Crippen LogP contribution is 2.31. The molecule has 2 fully saturated rings. The third-order valence-corrected chi connectivity index (χ3v) is 5.60. The molecule has 32 heavy (non-hydrogen) atoms. The molecule has 3 amide bonds. The molecule has 0 aromatic heterocycles. The molecule has 0 aliphatic carbocycles. The average molecular weight is 436 g/mol. The Kier molecular flexibility index (Phi) is 5.94. The Hall–Kier alpha value is -3.68. The van der Waals surface area contributed by atoms with E-state index in [1.54, 1.807) is 54.3 Å². The number of amides is 3. The first-order valence-electron chi connectivity index (χ1n) is 10.6. The lowest BCUT2D eigenvalue weighted by Gasteiger charge is -2.18. The van der Waals surface area contributed by atoms with Gasteiger partial charge in [-0.3, -0.25) is 24.1 Å². The van der Waals surface area contributed by atoms with Crippen molar-refractivity contribution in [3.05, 3.63) is 48.0 Å². The van der Waals surface area contributed by atoms with Gasteiger partial charge in [-0.1, -0.05) is 0 Å². The van der Waals surface area contributed by atoms with Crippen molar-refractivity contribution in [2.45, 2.75) is 33.1 Å². The molecule has 166 valence electrons. The van der Waals surface area contributed by atoms with E-state index >= 15 is 0 Å². The molecular formula is C24H24N2O6. The fraction of sp³-hybridized carbons (Fsp3) is 0.333. The van der Waals surface area contributed by atoms with Gasteiger partial charge in [0.15, 0.2) is 0 Å². The summed E-state index contributed by atoms with van der Waals surface area (Å²) in [7, 11) is 0. The van der Waals surface area contributed by atoms with E-state index < -0.39 is 11.9 Å². The fourth-order valence-corrected chi connectivity index (χ4v) is 3.99. The van der Waals surface area contributed by atoms with Crippen molar-refractivity contribution >= 4 is 35.1 Å². The zero-order valence-electron chi connectivity index (χ0n) is 18.0. The van der Waals surface area contributed by atoms with E-state index in [0.717, 1.165) is 5.75 Å². The van der Waals surface area contributed by atoms with Gasteiger partial charge in [0.1, 0.15) is 11.5 Å². The van der Waals surface area contributed by atoms with Gasteiger partial charge in [0.25, 0.3) is 0 Å². The fourth-order valence-electron chi connectivity index (χ4n) is 3.99. The minimum absolute atomic E-state index is 0.0693. The van der Waals surface area contributed by atoms with Gasteiger partial charge in [0.2, 0.25) is 17.7 Å². The number of benzene rings is 2. The summed E-state index contributed by atoms with van der Waals surface area (Å²) < 4.78 is 10.9. The van der Waals surface area contributed by atoms with Crippen molar-refractivity contribution in [1.29, 1.82) is 0 Å². The van der Waals surface area contributed by atoms with E-state index in [0.29, 0.717) is 29.3 Å². The molecule has 2 aromatic rings. The number of esters is 1. The number of ether oxygens (including phenoxy) is 2. The predicted molar refractivity (Wildman–Crippen MR) is 117 cm³/mol. The summed E-state index contributed by atoms with van der Waals surface area (Å²) in [5, 5.41) is 0. The summed E-state index contributed by atoms with van der Waals surface area (Å²) in [5.74, 6) is -0.669. The predicted octanol–water partition coefficient (Wildman–Crippen LogP) is 3.01. The van der Waals surface area contributed by atoms with Crippen LogP contribution in [0, 0.1) is 12.8 Å². The van der Waals surface area contributed by atoms with Gasteiger partial charge in [-0.05, 0) is 61.9 Å². The molecule has 4 rings (SSSR count). The van der Waals surface area contributed by atoms with E-state index in [4.69, 9.17) is 9.47 Å². The molecule has 2 saturated heterocycles. The lowest BCUT2D eigenvalue weighted by molar-refractivity contribution is -0.139. The highest BCUT2D eigenvalue weighted by molar-refractivity contribution is 6.20. The summed E-state index contributed by atoms with van der Waals surface area (Å²) in [5.41, 5.74) is 1.85. The number of hydrogen-bond acceptors (Lipinski definition) is 6. The number of imide groups is 1. The van der Waals surface area contributed by atoms with Crippen LogP contribution >= 0.6 is 0 Å². The van der Waals surface area contributed by atoms with Crippen LogP contribution in [-0.4, -0.2) is 36.8 Å². The number of rotatable bonds is 6. The van der Waals surface area contributed by atoms with Crippen LogP contribution in [0.1, 0.15) is 31.7 Å². The first kappa shape index (κ1) is 21.5. The third-order valence-electron chi connectivity index (χ3n) is 5.60. The van der Waals surface area contributed by atoms with Crippen LogP contribution in [0.15, 0.2) is 42.5 Å². The minimum Gasteiger partial charge on any atom is -0.494 e. The summed E-state index contributed by atoms with van der Waals surface area (Å²) in [6, 6.07) is 11.9. The van der Waals surface area contributed by atoms with Gasteiger partial charge in [-0.2, -0.15) is 0 Å². The van der Waals surface area contributed by atoms with Crippen molar-refractivity contribution in [3.8, 4) is 11.5 Å². The SMILES string of the molecule is CCOc1ccc(N2C[C@H](C(=O)Oc3ccc(N4C(=O)CCC4=O)c(C)c3)CC2=O)cc1. The molecule has 8 nitrogen and oxygen atoms in total. The van der Waals surface area contributed by atoms with Gasteiger partial charge in [-0.25, -0.2) is 0 Å². The topological polar surface area (TPSA) is 93.2 Å². The Morgan fingerprint density at radius 1 is 0.969 bits per heavy atom. The molecule has 0 spiro atoms. The maximum Gasteiger partial charge on any atom is 0.316 e. The number of hydrogen-bond donors (Lipinski definition) is 0. The maximum absolute atomic E-state index is 12.7. The first-order chi connectivity index (χ1) is 15.4. The highest BCUT2D eigenvalue weighted by Gasteiger charge is 2.37. The minimum atomic E-state index is -0.587. The smallest absolute Gasteiger partial charge is 0.316 e. The van der Waals surface area contributed by atoms with Crippen LogP contribution in [0.4, 0.5) is 11.4 Å². The quantitative estimate of drug-likeness (QED) is 0.393. The van der Waals surface area contributed by atoms with Gasteiger partial charge in [0, 0.05) is 31.5 Å². The van der Waals surface area contributed by atoms with Gasteiger partial charge in [-0.15, -0.1) is 0 Å². The lowest BCUT2D eigenvalue weighted by Crippen LogP contribution is -2.29. The van der Waals surface area contributed by atoms with Gasteiger partial charge in [0.05, 0.1) is 18.2 Å². The number of carbonyl (C=O) groups excluding carboxylic acids is 4. The van der Waals surface area contributed by atoms with Crippen molar-refractivity contribution in [2.75, 3.05) is 23.0 Å². The van der Waals surface area contributed by atoms with E-state index in [-0.39, 0.29) is 43.5 Å². The standard InChI is InChI=1S/C24H24N2O6/c1-3-31-18-6-4-17(5-7-18)25-14-16(13-23(25)29)24(30)32-19-8-9-20(15(2)12-19)26-21(27)10-11-22(26)28/h4-9,12,16H,3,10-11,13-14H2,1-2H3/t16-/m1/s1. The van der Waals surface area contributed by atoms with E-state index in [1.807, 2.05) is 6.92 Å². The average Bonchev–Trinajstić information content (AvgIpc) is 3.31. The van der Waals surface area contributed by atoms with E-state index in [9.17, 15) is 19.2 Å². The summed E-state index contributed by atoms with van der Waals surface area (Å²) in [6.07, 6.45) is 0.477. The Labute approximate surface area is 185 Å². The van der Waals surface area contributed by atoms with E-state index in [1.165, 1.54) is 4.90 Å².